The summed E-state index contributed by atoms with van der Waals surface area (Å²) in [6.45, 7) is 3.81. The van der Waals surface area contributed by atoms with Crippen molar-refractivity contribution >= 4 is 5.91 Å². The van der Waals surface area contributed by atoms with Gasteiger partial charge in [-0.05, 0) is 38.3 Å². The summed E-state index contributed by atoms with van der Waals surface area (Å²) >= 11 is 0. The first-order valence-electron chi connectivity index (χ1n) is 7.34. The Hall–Kier alpha value is -1.33. The van der Waals surface area contributed by atoms with E-state index in [1.165, 1.54) is 0 Å². The topological polar surface area (TPSA) is 54.7 Å². The Kier molecular flexibility index (Phi) is 3.81. The molecule has 2 aliphatic heterocycles. The van der Waals surface area contributed by atoms with Crippen LogP contribution >= 0.6 is 0 Å². The van der Waals surface area contributed by atoms with Gasteiger partial charge in [-0.3, -0.25) is 9.69 Å². The van der Waals surface area contributed by atoms with Crippen molar-refractivity contribution in [3.05, 3.63) is 23.7 Å². The van der Waals surface area contributed by atoms with E-state index in [4.69, 9.17) is 9.15 Å². The summed E-state index contributed by atoms with van der Waals surface area (Å²) in [4.78, 5) is 14.1. The summed E-state index contributed by atoms with van der Waals surface area (Å²) in [6, 6.07) is 4.46. The van der Waals surface area contributed by atoms with E-state index < -0.39 is 0 Å². The van der Waals surface area contributed by atoms with Crippen LogP contribution in [0.15, 0.2) is 16.5 Å². The number of likely N-dealkylation sites (tertiary alicyclic amines) is 1. The highest BCUT2D eigenvalue weighted by atomic mass is 16.5. The molecule has 3 rings (SSSR count). The number of furan rings is 1. The summed E-state index contributed by atoms with van der Waals surface area (Å²) in [7, 11) is 1.66. The van der Waals surface area contributed by atoms with Crippen LogP contribution in [0.1, 0.15) is 30.8 Å². The van der Waals surface area contributed by atoms with Crippen LogP contribution in [0.4, 0.5) is 0 Å². The van der Waals surface area contributed by atoms with E-state index in [1.807, 2.05) is 19.1 Å². The smallest absolute Gasteiger partial charge is 0.248 e. The predicted octanol–water partition coefficient (Wildman–Crippen LogP) is 1.46. The van der Waals surface area contributed by atoms with Crippen LogP contribution in [0, 0.1) is 6.92 Å². The molecule has 2 aliphatic rings. The van der Waals surface area contributed by atoms with Gasteiger partial charge in [-0.2, -0.15) is 0 Å². The molecule has 110 valence electrons. The number of hydrogen-bond acceptors (Lipinski definition) is 4. The Bertz CT molecular complexity index is 485. The van der Waals surface area contributed by atoms with Gasteiger partial charge in [0.15, 0.2) is 0 Å². The van der Waals surface area contributed by atoms with Gasteiger partial charge in [-0.1, -0.05) is 0 Å². The Balaban J connectivity index is 1.61. The maximum atomic E-state index is 11.7. The fourth-order valence-electron chi connectivity index (χ4n) is 3.34. The molecule has 0 aliphatic carbocycles. The first kappa shape index (κ1) is 13.6. The number of nitrogens with one attached hydrogen (secondary N) is 1. The maximum absolute atomic E-state index is 11.7. The Morgan fingerprint density at radius 2 is 2.25 bits per heavy atom. The largest absolute Gasteiger partial charge is 0.465 e. The van der Waals surface area contributed by atoms with Crippen LogP contribution in [0.3, 0.4) is 0 Å². The summed E-state index contributed by atoms with van der Waals surface area (Å²) in [5.41, 5.74) is 0. The molecule has 0 bridgehead atoms. The van der Waals surface area contributed by atoms with E-state index in [0.29, 0.717) is 6.04 Å². The number of hydrogen-bond donors (Lipinski definition) is 1. The van der Waals surface area contributed by atoms with Crippen LogP contribution in [0.2, 0.25) is 0 Å². The van der Waals surface area contributed by atoms with Crippen LogP contribution in [0.5, 0.6) is 0 Å². The minimum absolute atomic E-state index is 0.00330. The molecule has 0 radical (unpaired) electrons. The van der Waals surface area contributed by atoms with Gasteiger partial charge in [0, 0.05) is 19.6 Å². The first-order valence-corrected chi connectivity index (χ1v) is 7.34. The van der Waals surface area contributed by atoms with Crippen molar-refractivity contribution in [1.29, 1.82) is 0 Å². The van der Waals surface area contributed by atoms with Crippen molar-refractivity contribution in [2.24, 2.45) is 0 Å². The molecule has 0 unspecified atom stereocenters. The SMILES string of the molecule is CNC(=O)[C@@H]1CC[C@@H]2[C@@H](CCN2Cc2ccc(C)o2)O1. The summed E-state index contributed by atoms with van der Waals surface area (Å²) in [5.74, 6) is 1.97. The quantitative estimate of drug-likeness (QED) is 0.909. The van der Waals surface area contributed by atoms with Gasteiger partial charge in [0.2, 0.25) is 5.91 Å². The number of carbonyl (C=O) groups excluding carboxylic acids is 1. The van der Waals surface area contributed by atoms with E-state index in [-0.39, 0.29) is 18.1 Å². The summed E-state index contributed by atoms with van der Waals surface area (Å²) < 4.78 is 11.6. The first-order chi connectivity index (χ1) is 9.67. The molecule has 1 aromatic heterocycles. The van der Waals surface area contributed by atoms with Gasteiger partial charge in [0.05, 0.1) is 12.6 Å². The second-order valence-corrected chi connectivity index (χ2v) is 5.69. The lowest BCUT2D eigenvalue weighted by molar-refractivity contribution is -0.143. The number of nitrogens with zero attached hydrogens (tertiary/aromatic N) is 1. The van der Waals surface area contributed by atoms with Crippen LogP contribution in [-0.2, 0) is 16.1 Å². The number of likely N-dealkylation sites (N-methyl/N-ethyl adjacent to an activating group) is 1. The predicted molar refractivity (Wildman–Crippen MR) is 74.2 cm³/mol. The van der Waals surface area contributed by atoms with Crippen molar-refractivity contribution < 1.29 is 13.9 Å². The molecular formula is C15H22N2O3. The third-order valence-electron chi connectivity index (χ3n) is 4.36. The normalized spacial score (nSPS) is 30.2. The van der Waals surface area contributed by atoms with Crippen LogP contribution in [-0.4, -0.2) is 42.6 Å². The minimum atomic E-state index is -0.271. The molecule has 0 saturated carbocycles. The highest BCUT2D eigenvalue weighted by Crippen LogP contribution is 2.32. The van der Waals surface area contributed by atoms with E-state index in [9.17, 15) is 4.79 Å². The van der Waals surface area contributed by atoms with Crippen molar-refractivity contribution in [2.45, 2.75) is 51.0 Å². The third-order valence-corrected chi connectivity index (χ3v) is 4.36. The van der Waals surface area contributed by atoms with E-state index in [1.54, 1.807) is 7.05 Å². The summed E-state index contributed by atoms with van der Waals surface area (Å²) in [6.07, 6.45) is 2.73. The van der Waals surface area contributed by atoms with Crippen molar-refractivity contribution in [1.82, 2.24) is 10.2 Å². The number of rotatable bonds is 3. The van der Waals surface area contributed by atoms with Crippen LogP contribution in [0.25, 0.3) is 0 Å². The zero-order valence-electron chi connectivity index (χ0n) is 12.1. The number of fused-ring (bicyclic) bond motifs is 1. The minimum Gasteiger partial charge on any atom is -0.465 e. The molecule has 1 N–H and O–H groups in total. The van der Waals surface area contributed by atoms with Gasteiger partial charge in [-0.25, -0.2) is 0 Å². The monoisotopic (exact) mass is 278 g/mol. The van der Waals surface area contributed by atoms with Gasteiger partial charge in [0.1, 0.15) is 17.6 Å². The molecule has 3 heterocycles. The average Bonchev–Trinajstić information content (AvgIpc) is 3.05. The average molecular weight is 278 g/mol. The molecule has 0 aromatic carbocycles. The molecule has 20 heavy (non-hydrogen) atoms. The van der Waals surface area contributed by atoms with Gasteiger partial charge in [0.25, 0.3) is 0 Å². The van der Waals surface area contributed by atoms with E-state index in [2.05, 4.69) is 10.2 Å². The highest BCUT2D eigenvalue weighted by molar-refractivity contribution is 5.80. The van der Waals surface area contributed by atoms with Crippen molar-refractivity contribution in [3.63, 3.8) is 0 Å². The molecule has 5 nitrogen and oxygen atoms in total. The fraction of sp³-hybridized carbons (Fsp3) is 0.667. The molecule has 3 atom stereocenters. The van der Waals surface area contributed by atoms with Gasteiger partial charge in [-0.15, -0.1) is 0 Å². The third kappa shape index (κ3) is 2.60. The number of carbonyl (C=O) groups is 1. The van der Waals surface area contributed by atoms with Crippen molar-refractivity contribution in [3.8, 4) is 0 Å². The second kappa shape index (κ2) is 5.58. The molecule has 1 amide bonds. The Labute approximate surface area is 119 Å². The Morgan fingerprint density at radius 3 is 2.95 bits per heavy atom. The Morgan fingerprint density at radius 1 is 1.40 bits per heavy atom. The summed E-state index contributed by atoms with van der Waals surface area (Å²) in [5, 5.41) is 2.68. The standard InChI is InChI=1S/C15H22N2O3/c1-10-3-4-11(19-10)9-17-8-7-13-12(17)5-6-14(20-13)15(18)16-2/h3-4,12-14H,5-9H2,1-2H3,(H,16,18)/t12-,13-,14+/m1/s1. The number of aryl methyl sites for hydroxylation is 1. The molecule has 2 fully saturated rings. The fourth-order valence-corrected chi connectivity index (χ4v) is 3.34. The molecule has 2 saturated heterocycles. The molecule has 0 spiro atoms. The zero-order chi connectivity index (χ0) is 14.1. The van der Waals surface area contributed by atoms with Gasteiger partial charge >= 0.3 is 0 Å². The van der Waals surface area contributed by atoms with Crippen LogP contribution < -0.4 is 5.32 Å². The van der Waals surface area contributed by atoms with E-state index in [0.717, 1.165) is 43.9 Å². The van der Waals surface area contributed by atoms with Gasteiger partial charge < -0.3 is 14.5 Å². The highest BCUT2D eigenvalue weighted by Gasteiger charge is 2.41. The lowest BCUT2D eigenvalue weighted by Gasteiger charge is -2.35. The number of ether oxygens (including phenoxy) is 1. The number of amides is 1. The maximum Gasteiger partial charge on any atom is 0.248 e. The van der Waals surface area contributed by atoms with E-state index >= 15 is 0 Å². The lowest BCUT2D eigenvalue weighted by Crippen LogP contribution is -2.47. The second-order valence-electron chi connectivity index (χ2n) is 5.69. The molecular weight excluding hydrogens is 256 g/mol. The lowest BCUT2D eigenvalue weighted by atomic mass is 9.98. The van der Waals surface area contributed by atoms with Crippen molar-refractivity contribution in [2.75, 3.05) is 13.6 Å². The molecule has 5 heteroatoms. The zero-order valence-corrected chi connectivity index (χ0v) is 12.1. The molecule has 1 aromatic rings.